The molecule has 0 aliphatic carbocycles. The van der Waals surface area contributed by atoms with Crippen LogP contribution in [0.5, 0.6) is 0 Å². The lowest BCUT2D eigenvalue weighted by Crippen LogP contribution is -2.15. The maximum Gasteiger partial charge on any atom is 0.335 e. The van der Waals surface area contributed by atoms with Crippen LogP contribution in [0.15, 0.2) is 44.6 Å². The molecular weight excluding hydrogens is 427 g/mol. The molecule has 4 nitrogen and oxygen atoms in total. The number of hydrogen-bond acceptors (Lipinski definition) is 5. The molecule has 23 heavy (non-hydrogen) atoms. The minimum atomic E-state index is -0.609. The number of esters is 1. The van der Waals surface area contributed by atoms with Crippen molar-refractivity contribution in [3.8, 4) is 0 Å². The van der Waals surface area contributed by atoms with Gasteiger partial charge in [0, 0.05) is 6.07 Å². The molecule has 1 heterocycles. The van der Waals surface area contributed by atoms with E-state index in [9.17, 15) is 9.59 Å². The van der Waals surface area contributed by atoms with Gasteiger partial charge in [-0.25, -0.2) is 4.79 Å². The minimum Gasteiger partial charge on any atom is -0.447 e. The van der Waals surface area contributed by atoms with E-state index in [0.717, 1.165) is 18.4 Å². The van der Waals surface area contributed by atoms with Gasteiger partial charge in [-0.3, -0.25) is 4.79 Å². The molecule has 0 saturated heterocycles. The van der Waals surface area contributed by atoms with Crippen LogP contribution in [0.4, 0.5) is 0 Å². The largest absolute Gasteiger partial charge is 0.447 e. The third-order valence-corrected chi connectivity index (χ3v) is 4.15. The van der Waals surface area contributed by atoms with Crippen LogP contribution < -0.4 is 5.63 Å². The van der Waals surface area contributed by atoms with Gasteiger partial charge in [-0.05, 0) is 68.3 Å². The zero-order valence-electron chi connectivity index (χ0n) is 13.5. The number of thiol groups is 1. The smallest absolute Gasteiger partial charge is 0.335 e. The Bertz CT molecular complexity index is 657. The first kappa shape index (κ1) is 20.0. The highest BCUT2D eigenvalue weighted by molar-refractivity contribution is 14.1. The standard InChI is InChI=1S/C17H21IO4S/c1-11(2)5-4-6-12(3)9-17(23)22-16(20)10-14-13(18)7-8-15(19)21-14/h5,7-9,17,23H,4,6,10H2,1-3H3/b12-9+/t17-/m0/s1. The number of rotatable bonds is 7. The van der Waals surface area contributed by atoms with Crippen LogP contribution in [0, 0.1) is 3.57 Å². The molecule has 0 unspecified atom stereocenters. The molecule has 0 spiro atoms. The van der Waals surface area contributed by atoms with Crippen molar-refractivity contribution in [1.82, 2.24) is 0 Å². The average molecular weight is 448 g/mol. The molecule has 1 atom stereocenters. The zero-order valence-corrected chi connectivity index (χ0v) is 16.5. The van der Waals surface area contributed by atoms with E-state index >= 15 is 0 Å². The Kier molecular flexibility index (Phi) is 8.68. The molecule has 0 bridgehead atoms. The molecule has 0 aliphatic rings. The second-order valence-corrected chi connectivity index (χ2v) is 7.09. The highest BCUT2D eigenvalue weighted by atomic mass is 127. The first-order chi connectivity index (χ1) is 10.8. The van der Waals surface area contributed by atoms with E-state index in [-0.39, 0.29) is 6.42 Å². The molecule has 0 aliphatic heterocycles. The molecule has 0 amide bonds. The lowest BCUT2D eigenvalue weighted by molar-refractivity contribution is -0.143. The summed E-state index contributed by atoms with van der Waals surface area (Å²) in [5.41, 5.74) is 1.30. The fourth-order valence-corrected chi connectivity index (χ4v) is 2.67. The van der Waals surface area contributed by atoms with Crippen LogP contribution in [0.3, 0.4) is 0 Å². The van der Waals surface area contributed by atoms with Crippen molar-refractivity contribution in [2.45, 2.75) is 45.5 Å². The van der Waals surface area contributed by atoms with Crippen molar-refractivity contribution in [2.24, 2.45) is 0 Å². The summed E-state index contributed by atoms with van der Waals surface area (Å²) in [6.45, 7) is 6.10. The predicted octanol–water partition coefficient (Wildman–Crippen LogP) is 4.28. The molecule has 1 aromatic heterocycles. The highest BCUT2D eigenvalue weighted by Crippen LogP contribution is 2.14. The van der Waals surface area contributed by atoms with Gasteiger partial charge in [-0.15, -0.1) is 12.6 Å². The Labute approximate surface area is 155 Å². The number of carbonyl (C=O) groups excluding carboxylic acids is 1. The minimum absolute atomic E-state index is 0.0872. The summed E-state index contributed by atoms with van der Waals surface area (Å²) in [6.07, 6.45) is 5.73. The van der Waals surface area contributed by atoms with Gasteiger partial charge in [-0.2, -0.15) is 0 Å². The van der Waals surface area contributed by atoms with E-state index in [1.807, 2.05) is 35.6 Å². The summed E-state index contributed by atoms with van der Waals surface area (Å²) in [4.78, 5) is 23.1. The molecule has 1 aromatic rings. The second kappa shape index (κ2) is 9.97. The topological polar surface area (TPSA) is 56.5 Å². The van der Waals surface area contributed by atoms with Crippen molar-refractivity contribution in [3.05, 3.63) is 55.2 Å². The van der Waals surface area contributed by atoms with E-state index in [1.54, 1.807) is 6.07 Å². The lowest BCUT2D eigenvalue weighted by atomic mass is 10.1. The van der Waals surface area contributed by atoms with Gasteiger partial charge in [0.1, 0.15) is 12.2 Å². The Hall–Kier alpha value is -1.02. The van der Waals surface area contributed by atoms with Crippen LogP contribution in [0.1, 0.15) is 39.4 Å². The number of allylic oxidation sites excluding steroid dienone is 3. The van der Waals surface area contributed by atoms with Crippen LogP contribution >= 0.6 is 35.2 Å². The zero-order chi connectivity index (χ0) is 17.4. The van der Waals surface area contributed by atoms with Crippen LogP contribution in [-0.4, -0.2) is 11.4 Å². The van der Waals surface area contributed by atoms with E-state index in [1.165, 1.54) is 11.6 Å². The number of halogens is 1. The highest BCUT2D eigenvalue weighted by Gasteiger charge is 2.13. The molecule has 1 rings (SSSR count). The van der Waals surface area contributed by atoms with Crippen molar-refractivity contribution in [1.29, 1.82) is 0 Å². The third-order valence-electron chi connectivity index (χ3n) is 2.93. The molecular formula is C17H21IO4S. The van der Waals surface area contributed by atoms with E-state index in [4.69, 9.17) is 9.15 Å². The monoisotopic (exact) mass is 448 g/mol. The van der Waals surface area contributed by atoms with Gasteiger partial charge in [0.05, 0.1) is 3.57 Å². The maximum atomic E-state index is 11.9. The van der Waals surface area contributed by atoms with Crippen molar-refractivity contribution >= 4 is 41.2 Å². The quantitative estimate of drug-likeness (QED) is 0.223. The molecule has 6 heteroatoms. The van der Waals surface area contributed by atoms with Crippen LogP contribution in [-0.2, 0) is 16.0 Å². The van der Waals surface area contributed by atoms with Crippen molar-refractivity contribution in [2.75, 3.05) is 0 Å². The normalized spacial score (nSPS) is 12.7. The molecule has 0 radical (unpaired) electrons. The van der Waals surface area contributed by atoms with Crippen molar-refractivity contribution < 1.29 is 13.9 Å². The molecule has 0 saturated carbocycles. The number of ether oxygens (including phenoxy) is 1. The Balaban J connectivity index is 2.54. The lowest BCUT2D eigenvalue weighted by Gasteiger charge is -2.10. The Morgan fingerprint density at radius 2 is 2.09 bits per heavy atom. The van der Waals surface area contributed by atoms with Gasteiger partial charge in [0.2, 0.25) is 0 Å². The number of carbonyl (C=O) groups is 1. The van der Waals surface area contributed by atoms with Crippen LogP contribution in [0.25, 0.3) is 0 Å². The Morgan fingerprint density at radius 3 is 2.74 bits per heavy atom. The maximum absolute atomic E-state index is 11.9. The van der Waals surface area contributed by atoms with Gasteiger partial charge >= 0.3 is 11.6 Å². The predicted molar refractivity (Wildman–Crippen MR) is 103 cm³/mol. The summed E-state index contributed by atoms with van der Waals surface area (Å²) >= 11 is 6.26. The summed E-state index contributed by atoms with van der Waals surface area (Å²) in [5, 5.41) is 0. The van der Waals surface area contributed by atoms with Gasteiger partial charge < -0.3 is 9.15 Å². The summed E-state index contributed by atoms with van der Waals surface area (Å²) < 4.78 is 10.9. The number of hydrogen-bond donors (Lipinski definition) is 1. The Morgan fingerprint density at radius 1 is 1.39 bits per heavy atom. The van der Waals surface area contributed by atoms with Gasteiger partial charge in [-0.1, -0.05) is 17.2 Å². The molecule has 126 valence electrons. The molecule has 0 aromatic carbocycles. The average Bonchev–Trinajstić information content (AvgIpc) is 2.42. The van der Waals surface area contributed by atoms with Crippen LogP contribution in [0.2, 0.25) is 0 Å². The fourth-order valence-electron chi connectivity index (χ4n) is 1.82. The summed E-state index contributed by atoms with van der Waals surface area (Å²) in [6, 6.07) is 2.93. The first-order valence-electron chi connectivity index (χ1n) is 7.24. The SMILES string of the molecule is CC(C)=CCC/C(C)=C/[C@H](S)OC(=O)Cc1oc(=O)ccc1I. The molecule has 0 N–H and O–H groups in total. The fraction of sp³-hybridized carbons (Fsp3) is 0.412. The summed E-state index contributed by atoms with van der Waals surface area (Å²) in [7, 11) is 0. The van der Waals surface area contributed by atoms with E-state index in [2.05, 4.69) is 32.6 Å². The van der Waals surface area contributed by atoms with E-state index in [0.29, 0.717) is 9.33 Å². The second-order valence-electron chi connectivity index (χ2n) is 5.42. The van der Waals surface area contributed by atoms with E-state index < -0.39 is 17.0 Å². The van der Waals surface area contributed by atoms with Crippen molar-refractivity contribution in [3.63, 3.8) is 0 Å². The summed E-state index contributed by atoms with van der Waals surface area (Å²) in [5.74, 6) is -0.168. The first-order valence-corrected chi connectivity index (χ1v) is 8.84. The van der Waals surface area contributed by atoms with Gasteiger partial charge in [0.25, 0.3) is 0 Å². The third kappa shape index (κ3) is 8.41. The molecule has 0 fully saturated rings. The van der Waals surface area contributed by atoms with Gasteiger partial charge in [0.15, 0.2) is 5.44 Å².